The first kappa shape index (κ1) is 20.1. The van der Waals surface area contributed by atoms with Gasteiger partial charge in [0.2, 0.25) is 0 Å². The number of likely N-dealkylation sites (tertiary alicyclic amines) is 1. The Morgan fingerprint density at radius 1 is 1.50 bits per heavy atom. The van der Waals surface area contributed by atoms with Crippen molar-refractivity contribution in [3.63, 3.8) is 0 Å². The third kappa shape index (κ3) is 4.62. The second kappa shape index (κ2) is 9.06. The molecule has 7 heteroatoms. The van der Waals surface area contributed by atoms with Gasteiger partial charge in [-0.15, -0.1) is 11.3 Å². The van der Waals surface area contributed by atoms with Gasteiger partial charge in [0.25, 0.3) is 5.91 Å². The average Bonchev–Trinajstić information content (AvgIpc) is 3.08. The van der Waals surface area contributed by atoms with Gasteiger partial charge in [-0.05, 0) is 56.4 Å². The Morgan fingerprint density at radius 3 is 2.96 bits per heavy atom. The minimum atomic E-state index is -0.529. The number of carbonyl (C=O) groups excluding carboxylic acids is 1. The molecule has 0 radical (unpaired) electrons. The number of thioether (sulfide) groups is 1. The first-order valence-corrected chi connectivity index (χ1v) is 11.7. The zero-order valence-corrected chi connectivity index (χ0v) is 17.4. The minimum Gasteiger partial charge on any atom is -0.392 e. The van der Waals surface area contributed by atoms with Crippen LogP contribution in [0.5, 0.6) is 0 Å². The average molecular weight is 399 g/mol. The van der Waals surface area contributed by atoms with Gasteiger partial charge >= 0.3 is 0 Å². The lowest BCUT2D eigenvalue weighted by molar-refractivity contribution is -0.0969. The highest BCUT2D eigenvalue weighted by atomic mass is 32.2. The molecule has 3 rings (SSSR count). The van der Waals surface area contributed by atoms with Crippen LogP contribution >= 0.6 is 23.1 Å². The lowest BCUT2D eigenvalue weighted by atomic mass is 9.82. The molecule has 2 aliphatic rings. The fraction of sp³-hybridized carbons (Fsp3) is 0.737. The summed E-state index contributed by atoms with van der Waals surface area (Å²) >= 11 is 3.50. The number of amides is 1. The molecule has 2 N–H and O–H groups in total. The molecule has 1 spiro atoms. The van der Waals surface area contributed by atoms with E-state index in [1.54, 1.807) is 18.3 Å². The molecule has 1 atom stereocenters. The second-order valence-corrected chi connectivity index (χ2v) is 9.41. The van der Waals surface area contributed by atoms with Crippen LogP contribution in [0.4, 0.5) is 0 Å². The van der Waals surface area contributed by atoms with Crippen LogP contribution in [0.2, 0.25) is 0 Å². The van der Waals surface area contributed by atoms with Gasteiger partial charge in [-0.3, -0.25) is 4.79 Å². The maximum absolute atomic E-state index is 12.4. The zero-order chi connectivity index (χ0) is 18.6. The van der Waals surface area contributed by atoms with Crippen LogP contribution in [0.25, 0.3) is 0 Å². The van der Waals surface area contributed by atoms with Crippen molar-refractivity contribution in [3.05, 3.63) is 21.4 Å². The topological polar surface area (TPSA) is 61.8 Å². The molecule has 0 bridgehead atoms. The number of carbonyl (C=O) groups is 1. The first-order valence-electron chi connectivity index (χ1n) is 9.49. The smallest absolute Gasteiger partial charge is 0.261 e. The van der Waals surface area contributed by atoms with Crippen LogP contribution in [0.1, 0.15) is 46.3 Å². The summed E-state index contributed by atoms with van der Waals surface area (Å²) < 4.78 is 6.30. The van der Waals surface area contributed by atoms with E-state index in [1.807, 2.05) is 17.8 Å². The number of nitrogens with one attached hydrogen (secondary N) is 1. The maximum Gasteiger partial charge on any atom is 0.261 e. The second-order valence-electron chi connectivity index (χ2n) is 7.29. The quantitative estimate of drug-likeness (QED) is 0.691. The monoisotopic (exact) mass is 398 g/mol. The molecule has 26 heavy (non-hydrogen) atoms. The molecule has 1 amide bonds. The Hall–Kier alpha value is -0.600. The van der Waals surface area contributed by atoms with E-state index in [-0.39, 0.29) is 18.1 Å². The van der Waals surface area contributed by atoms with Gasteiger partial charge in [0.15, 0.2) is 0 Å². The Morgan fingerprint density at radius 2 is 2.27 bits per heavy atom. The summed E-state index contributed by atoms with van der Waals surface area (Å²) in [6.07, 6.45) is 5.78. The van der Waals surface area contributed by atoms with Crippen molar-refractivity contribution in [1.29, 1.82) is 0 Å². The molecule has 3 heterocycles. The Balaban J connectivity index is 1.66. The van der Waals surface area contributed by atoms with Gasteiger partial charge in [0.05, 0.1) is 23.2 Å². The first-order chi connectivity index (χ1) is 12.5. The Labute approximate surface area is 164 Å². The molecule has 146 valence electrons. The largest absolute Gasteiger partial charge is 0.392 e. The SMILES string of the molecule is CSCCCN1CCC2(CC1)OCCc1sc(C(=O)NCC(C)O)cc12. The van der Waals surface area contributed by atoms with Crippen molar-refractivity contribution in [2.45, 2.75) is 44.3 Å². The number of ether oxygens (including phenoxy) is 1. The molecule has 2 aliphatic heterocycles. The van der Waals surface area contributed by atoms with Crippen LogP contribution in [-0.2, 0) is 16.8 Å². The highest BCUT2D eigenvalue weighted by Crippen LogP contribution is 2.44. The molecule has 0 aromatic carbocycles. The molecule has 0 aliphatic carbocycles. The highest BCUT2D eigenvalue weighted by Gasteiger charge is 2.42. The van der Waals surface area contributed by atoms with E-state index in [9.17, 15) is 9.90 Å². The summed E-state index contributed by atoms with van der Waals surface area (Å²) in [7, 11) is 0. The summed E-state index contributed by atoms with van der Waals surface area (Å²) in [6, 6.07) is 2.04. The molecule has 1 aromatic heterocycles. The molecule has 1 aromatic rings. The van der Waals surface area contributed by atoms with Crippen LogP contribution in [0.15, 0.2) is 6.07 Å². The van der Waals surface area contributed by atoms with Crippen molar-refractivity contribution in [1.82, 2.24) is 10.2 Å². The lowest BCUT2D eigenvalue weighted by Gasteiger charge is -2.44. The summed E-state index contributed by atoms with van der Waals surface area (Å²) in [5.41, 5.74) is 1.03. The van der Waals surface area contributed by atoms with Crippen molar-refractivity contribution >= 4 is 29.0 Å². The maximum atomic E-state index is 12.4. The number of hydrogen-bond acceptors (Lipinski definition) is 6. The van der Waals surface area contributed by atoms with Crippen molar-refractivity contribution in [3.8, 4) is 0 Å². The van der Waals surface area contributed by atoms with E-state index in [2.05, 4.69) is 16.5 Å². The van der Waals surface area contributed by atoms with Crippen LogP contribution in [0.3, 0.4) is 0 Å². The standard InChI is InChI=1S/C19H30N2O3S2/c1-14(22)13-20-18(23)17-12-15-16(26-17)4-10-24-19(15)5-8-21(9-6-19)7-3-11-25-2/h12,14,22H,3-11,13H2,1-2H3,(H,20,23). The normalized spacial score (nSPS) is 20.7. The lowest BCUT2D eigenvalue weighted by Crippen LogP contribution is -2.46. The number of nitrogens with zero attached hydrogens (tertiary/aromatic N) is 1. The third-order valence-corrected chi connectivity index (χ3v) is 7.17. The van der Waals surface area contributed by atoms with E-state index in [0.717, 1.165) is 43.8 Å². The minimum absolute atomic E-state index is 0.0880. The van der Waals surface area contributed by atoms with E-state index in [4.69, 9.17) is 4.74 Å². The number of thiophene rings is 1. The van der Waals surface area contributed by atoms with Gasteiger partial charge < -0.3 is 20.1 Å². The number of piperidine rings is 1. The highest BCUT2D eigenvalue weighted by molar-refractivity contribution is 7.98. The molecule has 5 nitrogen and oxygen atoms in total. The Bertz CT molecular complexity index is 610. The fourth-order valence-corrected chi connectivity index (χ4v) is 5.41. The zero-order valence-electron chi connectivity index (χ0n) is 15.8. The van der Waals surface area contributed by atoms with Gasteiger partial charge in [-0.1, -0.05) is 0 Å². The van der Waals surface area contributed by atoms with Gasteiger partial charge in [-0.2, -0.15) is 11.8 Å². The van der Waals surface area contributed by atoms with Crippen LogP contribution < -0.4 is 5.32 Å². The van der Waals surface area contributed by atoms with Crippen molar-refractivity contribution < 1.29 is 14.6 Å². The van der Waals surface area contributed by atoms with Crippen LogP contribution in [-0.4, -0.2) is 66.8 Å². The van der Waals surface area contributed by atoms with E-state index in [1.165, 1.54) is 29.2 Å². The molecule has 1 unspecified atom stereocenters. The predicted molar refractivity (Wildman–Crippen MR) is 108 cm³/mol. The number of aliphatic hydroxyl groups is 1. The number of rotatable bonds is 7. The molecular formula is C19H30N2O3S2. The van der Waals surface area contributed by atoms with Crippen molar-refractivity contribution in [2.24, 2.45) is 0 Å². The summed E-state index contributed by atoms with van der Waals surface area (Å²) in [4.78, 5) is 17.0. The van der Waals surface area contributed by atoms with E-state index >= 15 is 0 Å². The number of hydrogen-bond donors (Lipinski definition) is 2. The molecule has 1 fully saturated rings. The third-order valence-electron chi connectivity index (χ3n) is 5.28. The number of fused-ring (bicyclic) bond motifs is 2. The predicted octanol–water partition coefficient (Wildman–Crippen LogP) is 2.48. The molecule has 1 saturated heterocycles. The summed E-state index contributed by atoms with van der Waals surface area (Å²) in [5.74, 6) is 1.13. The summed E-state index contributed by atoms with van der Waals surface area (Å²) in [6.45, 7) is 6.00. The van der Waals surface area contributed by atoms with Gasteiger partial charge in [0.1, 0.15) is 0 Å². The van der Waals surface area contributed by atoms with Gasteiger partial charge in [0, 0.05) is 30.9 Å². The van der Waals surface area contributed by atoms with Crippen molar-refractivity contribution in [2.75, 3.05) is 44.8 Å². The number of aliphatic hydroxyl groups excluding tert-OH is 1. The summed E-state index contributed by atoms with van der Waals surface area (Å²) in [5, 5.41) is 12.2. The molecular weight excluding hydrogens is 368 g/mol. The van der Waals surface area contributed by atoms with E-state index in [0.29, 0.717) is 0 Å². The fourth-order valence-electron chi connectivity index (χ4n) is 3.84. The van der Waals surface area contributed by atoms with Gasteiger partial charge in [-0.25, -0.2) is 0 Å². The van der Waals surface area contributed by atoms with Crippen LogP contribution in [0, 0.1) is 0 Å². The Kier molecular flexibility index (Phi) is 7.02. The van der Waals surface area contributed by atoms with E-state index < -0.39 is 6.10 Å². The molecule has 0 saturated carbocycles.